The van der Waals surface area contributed by atoms with Crippen molar-refractivity contribution in [1.29, 1.82) is 0 Å². The van der Waals surface area contributed by atoms with Crippen molar-refractivity contribution in [2.24, 2.45) is 7.05 Å². The summed E-state index contributed by atoms with van der Waals surface area (Å²) < 4.78 is 1.90. The van der Waals surface area contributed by atoms with Crippen molar-refractivity contribution in [2.45, 2.75) is 38.6 Å². The van der Waals surface area contributed by atoms with Gasteiger partial charge in [0.1, 0.15) is 12.2 Å². The Bertz CT molecular complexity index is 911. The summed E-state index contributed by atoms with van der Waals surface area (Å²) in [5.41, 5.74) is 3.16. The van der Waals surface area contributed by atoms with Gasteiger partial charge in [-0.2, -0.15) is 0 Å². The molecule has 0 spiro atoms. The number of amides is 1. The van der Waals surface area contributed by atoms with E-state index in [0.717, 1.165) is 47.6 Å². The Morgan fingerprint density at radius 1 is 1.40 bits per heavy atom. The van der Waals surface area contributed by atoms with Crippen molar-refractivity contribution in [1.82, 2.24) is 29.6 Å². The molecule has 7 nitrogen and oxygen atoms in total. The Morgan fingerprint density at radius 2 is 2.28 bits per heavy atom. The van der Waals surface area contributed by atoms with Crippen LogP contribution >= 0.6 is 0 Å². The number of nitrogens with one attached hydrogen (secondary N) is 1. The van der Waals surface area contributed by atoms with Gasteiger partial charge >= 0.3 is 0 Å². The second-order valence-electron chi connectivity index (χ2n) is 6.70. The highest BCUT2D eigenvalue weighted by Crippen LogP contribution is 2.31. The van der Waals surface area contributed by atoms with E-state index in [1.165, 1.54) is 0 Å². The molecular weight excluding hydrogens is 316 g/mol. The van der Waals surface area contributed by atoms with E-state index in [-0.39, 0.29) is 11.9 Å². The lowest BCUT2D eigenvalue weighted by molar-refractivity contribution is -0.132. The van der Waals surface area contributed by atoms with E-state index in [0.29, 0.717) is 12.8 Å². The van der Waals surface area contributed by atoms with E-state index in [1.54, 1.807) is 6.33 Å². The first-order valence-corrected chi connectivity index (χ1v) is 8.71. The summed E-state index contributed by atoms with van der Waals surface area (Å²) in [6.45, 7) is 2.84. The van der Waals surface area contributed by atoms with Crippen molar-refractivity contribution < 1.29 is 4.79 Å². The SMILES string of the molecule is Cc1cccc2[nH]c(CCC(=O)N3CCCC3c3nncn3C)nc12. The van der Waals surface area contributed by atoms with Crippen molar-refractivity contribution >= 4 is 16.9 Å². The van der Waals surface area contributed by atoms with E-state index < -0.39 is 0 Å². The quantitative estimate of drug-likeness (QED) is 0.791. The maximum Gasteiger partial charge on any atom is 0.223 e. The fourth-order valence-electron chi connectivity index (χ4n) is 3.64. The first kappa shape index (κ1) is 15.8. The number of H-pyrrole nitrogens is 1. The molecular formula is C18H22N6O. The number of aromatic nitrogens is 5. The largest absolute Gasteiger partial charge is 0.342 e. The maximum atomic E-state index is 12.7. The van der Waals surface area contributed by atoms with Crippen LogP contribution in [0.4, 0.5) is 0 Å². The Hall–Kier alpha value is -2.70. The van der Waals surface area contributed by atoms with Gasteiger partial charge in [-0.05, 0) is 31.4 Å². The summed E-state index contributed by atoms with van der Waals surface area (Å²) in [6.07, 6.45) is 4.71. The number of nitrogens with zero attached hydrogens (tertiary/aromatic N) is 5. The number of rotatable bonds is 4. The highest BCUT2D eigenvalue weighted by molar-refractivity contribution is 5.79. The number of imidazole rings is 1. The van der Waals surface area contributed by atoms with E-state index in [9.17, 15) is 4.79 Å². The average Bonchev–Trinajstić information content (AvgIpc) is 3.31. The lowest BCUT2D eigenvalue weighted by atomic mass is 10.2. The normalized spacial score (nSPS) is 17.5. The topological polar surface area (TPSA) is 79.7 Å². The smallest absolute Gasteiger partial charge is 0.223 e. The van der Waals surface area contributed by atoms with Gasteiger partial charge < -0.3 is 14.5 Å². The Balaban J connectivity index is 1.46. The molecule has 0 bridgehead atoms. The van der Waals surface area contributed by atoms with Crippen molar-refractivity contribution in [2.75, 3.05) is 6.54 Å². The fourth-order valence-corrected chi connectivity index (χ4v) is 3.64. The van der Waals surface area contributed by atoms with Crippen LogP contribution in [0.15, 0.2) is 24.5 Å². The number of aryl methyl sites for hydroxylation is 3. The number of para-hydroxylation sites is 1. The Kier molecular flexibility index (Phi) is 3.99. The van der Waals surface area contributed by atoms with Gasteiger partial charge in [0.25, 0.3) is 0 Å². The molecule has 1 aliphatic heterocycles. The standard InChI is InChI=1S/C18H22N6O/c1-12-5-3-6-13-17(12)21-15(20-13)8-9-16(25)24-10-4-7-14(24)18-22-19-11-23(18)2/h3,5-6,11,14H,4,7-10H2,1-2H3,(H,20,21). The van der Waals surface area contributed by atoms with Gasteiger partial charge in [-0.3, -0.25) is 4.79 Å². The predicted molar refractivity (Wildman–Crippen MR) is 93.8 cm³/mol. The Morgan fingerprint density at radius 3 is 3.04 bits per heavy atom. The zero-order valence-electron chi connectivity index (χ0n) is 14.6. The maximum absolute atomic E-state index is 12.7. The molecule has 1 atom stereocenters. The van der Waals surface area contributed by atoms with Gasteiger partial charge in [0, 0.05) is 26.4 Å². The zero-order chi connectivity index (χ0) is 17.4. The molecule has 1 aliphatic rings. The highest BCUT2D eigenvalue weighted by Gasteiger charge is 2.32. The summed E-state index contributed by atoms with van der Waals surface area (Å²) in [7, 11) is 1.92. The number of fused-ring (bicyclic) bond motifs is 1. The number of hydrogen-bond donors (Lipinski definition) is 1. The molecule has 130 valence electrons. The van der Waals surface area contributed by atoms with Gasteiger partial charge in [0.15, 0.2) is 5.82 Å². The minimum Gasteiger partial charge on any atom is -0.342 e. The zero-order valence-corrected chi connectivity index (χ0v) is 14.6. The van der Waals surface area contributed by atoms with Crippen molar-refractivity contribution in [3.8, 4) is 0 Å². The first-order chi connectivity index (χ1) is 12.1. The van der Waals surface area contributed by atoms with Crippen LogP contribution in [-0.2, 0) is 18.3 Å². The molecule has 0 saturated carbocycles. The van der Waals surface area contributed by atoms with E-state index in [4.69, 9.17) is 0 Å². The summed E-state index contributed by atoms with van der Waals surface area (Å²) in [6, 6.07) is 6.12. The van der Waals surface area contributed by atoms with Gasteiger partial charge in [-0.15, -0.1) is 10.2 Å². The molecule has 1 unspecified atom stereocenters. The molecule has 4 rings (SSSR count). The summed E-state index contributed by atoms with van der Waals surface area (Å²) in [4.78, 5) is 22.6. The molecule has 2 aromatic heterocycles. The number of aromatic amines is 1. The molecule has 1 amide bonds. The second kappa shape index (κ2) is 6.31. The third kappa shape index (κ3) is 2.90. The lowest BCUT2D eigenvalue weighted by Gasteiger charge is -2.23. The number of carbonyl (C=O) groups excluding carboxylic acids is 1. The van der Waals surface area contributed by atoms with Crippen LogP contribution in [0, 0.1) is 6.92 Å². The van der Waals surface area contributed by atoms with Gasteiger partial charge in [0.05, 0.1) is 17.1 Å². The molecule has 0 aliphatic carbocycles. The summed E-state index contributed by atoms with van der Waals surface area (Å²) >= 11 is 0. The van der Waals surface area contributed by atoms with E-state index >= 15 is 0 Å². The first-order valence-electron chi connectivity index (χ1n) is 8.71. The second-order valence-corrected chi connectivity index (χ2v) is 6.70. The predicted octanol–water partition coefficient (Wildman–Crippen LogP) is 2.30. The van der Waals surface area contributed by atoms with E-state index in [2.05, 4.69) is 20.2 Å². The van der Waals surface area contributed by atoms with Crippen molar-refractivity contribution in [3.63, 3.8) is 0 Å². The molecule has 3 heterocycles. The molecule has 25 heavy (non-hydrogen) atoms. The molecule has 1 fully saturated rings. The monoisotopic (exact) mass is 338 g/mol. The van der Waals surface area contributed by atoms with E-state index in [1.807, 2.05) is 41.6 Å². The molecule has 0 radical (unpaired) electrons. The molecule has 1 N–H and O–H groups in total. The summed E-state index contributed by atoms with van der Waals surface area (Å²) in [5.74, 6) is 1.89. The van der Waals surface area contributed by atoms with Crippen LogP contribution in [0.5, 0.6) is 0 Å². The minimum absolute atomic E-state index is 0.0397. The minimum atomic E-state index is 0.0397. The van der Waals surface area contributed by atoms with Crippen LogP contribution in [0.25, 0.3) is 11.0 Å². The van der Waals surface area contributed by atoms with Gasteiger partial charge in [-0.25, -0.2) is 4.98 Å². The van der Waals surface area contributed by atoms with Crippen LogP contribution in [-0.4, -0.2) is 42.1 Å². The number of hydrogen-bond acceptors (Lipinski definition) is 4. The van der Waals surface area contributed by atoms with Crippen LogP contribution in [0.2, 0.25) is 0 Å². The van der Waals surface area contributed by atoms with Crippen LogP contribution in [0.1, 0.15) is 42.5 Å². The van der Waals surface area contributed by atoms with Gasteiger partial charge in [0.2, 0.25) is 5.91 Å². The lowest BCUT2D eigenvalue weighted by Crippen LogP contribution is -2.32. The number of benzene rings is 1. The number of carbonyl (C=O) groups is 1. The van der Waals surface area contributed by atoms with Gasteiger partial charge in [-0.1, -0.05) is 12.1 Å². The van der Waals surface area contributed by atoms with Crippen LogP contribution in [0.3, 0.4) is 0 Å². The Labute approximate surface area is 146 Å². The summed E-state index contributed by atoms with van der Waals surface area (Å²) in [5, 5.41) is 8.13. The fraction of sp³-hybridized carbons (Fsp3) is 0.444. The van der Waals surface area contributed by atoms with Crippen LogP contribution < -0.4 is 0 Å². The molecule has 1 aromatic carbocycles. The molecule has 7 heteroatoms. The molecule has 1 saturated heterocycles. The average molecular weight is 338 g/mol. The molecule has 3 aromatic rings. The third-order valence-electron chi connectivity index (χ3n) is 4.96. The highest BCUT2D eigenvalue weighted by atomic mass is 16.2. The third-order valence-corrected chi connectivity index (χ3v) is 4.96. The van der Waals surface area contributed by atoms with Crippen molar-refractivity contribution in [3.05, 3.63) is 41.7 Å². The number of likely N-dealkylation sites (tertiary alicyclic amines) is 1.